The molecular weight excluding hydrogens is 260 g/mol. The molecule has 1 unspecified atom stereocenters. The molecule has 1 aromatic carbocycles. The van der Waals surface area contributed by atoms with E-state index in [9.17, 15) is 8.42 Å². The zero-order valence-corrected chi connectivity index (χ0v) is 13.2. The van der Waals surface area contributed by atoms with Crippen molar-refractivity contribution in [1.29, 1.82) is 0 Å². The number of hydrogen-bond donors (Lipinski definition) is 1. The Morgan fingerprint density at radius 1 is 1.37 bits per heavy atom. The van der Waals surface area contributed by atoms with Gasteiger partial charge in [-0.2, -0.15) is 4.31 Å². The van der Waals surface area contributed by atoms with Crippen molar-refractivity contribution in [2.45, 2.75) is 44.7 Å². The highest BCUT2D eigenvalue weighted by Crippen LogP contribution is 2.23. The Kier molecular flexibility index (Phi) is 5.52. The summed E-state index contributed by atoms with van der Waals surface area (Å²) in [6.07, 6.45) is 0.797. The predicted molar refractivity (Wildman–Crippen MR) is 78.6 cm³/mol. The van der Waals surface area contributed by atoms with E-state index >= 15 is 0 Å². The van der Waals surface area contributed by atoms with Crippen molar-refractivity contribution < 1.29 is 8.42 Å². The minimum atomic E-state index is -3.42. The molecule has 0 heterocycles. The summed E-state index contributed by atoms with van der Waals surface area (Å²) in [6, 6.07) is 5.44. The van der Waals surface area contributed by atoms with Crippen LogP contribution in [0.25, 0.3) is 0 Å². The molecule has 0 aliphatic heterocycles. The van der Waals surface area contributed by atoms with Crippen LogP contribution in [0.4, 0.5) is 0 Å². The summed E-state index contributed by atoms with van der Waals surface area (Å²) in [5.41, 5.74) is 1.84. The van der Waals surface area contributed by atoms with Gasteiger partial charge in [0.1, 0.15) is 0 Å². The topological polar surface area (TPSA) is 49.4 Å². The highest BCUT2D eigenvalue weighted by Gasteiger charge is 2.26. The van der Waals surface area contributed by atoms with Crippen LogP contribution < -0.4 is 5.32 Å². The molecule has 0 aromatic heterocycles. The molecule has 0 spiro atoms. The van der Waals surface area contributed by atoms with E-state index in [1.54, 1.807) is 19.2 Å². The molecule has 0 fully saturated rings. The Morgan fingerprint density at radius 2 is 2.00 bits per heavy atom. The Balaban J connectivity index is 3.26. The van der Waals surface area contributed by atoms with Crippen LogP contribution in [0.5, 0.6) is 0 Å². The fraction of sp³-hybridized carbons (Fsp3) is 0.571. The molecule has 4 nitrogen and oxygen atoms in total. The maximum absolute atomic E-state index is 12.6. The maximum Gasteiger partial charge on any atom is 0.243 e. The summed E-state index contributed by atoms with van der Waals surface area (Å²) in [5.74, 6) is 0. The Labute approximate surface area is 116 Å². The fourth-order valence-electron chi connectivity index (χ4n) is 1.97. The van der Waals surface area contributed by atoms with Crippen molar-refractivity contribution in [3.05, 3.63) is 29.3 Å². The first-order chi connectivity index (χ1) is 8.86. The van der Waals surface area contributed by atoms with Crippen LogP contribution >= 0.6 is 0 Å². The second-order valence-electron chi connectivity index (χ2n) is 4.85. The number of benzene rings is 1. The molecule has 0 saturated carbocycles. The zero-order valence-electron chi connectivity index (χ0n) is 12.4. The molecule has 108 valence electrons. The van der Waals surface area contributed by atoms with Gasteiger partial charge in [-0.1, -0.05) is 19.1 Å². The molecule has 1 rings (SSSR count). The number of rotatable bonds is 6. The summed E-state index contributed by atoms with van der Waals surface area (Å²) in [5, 5.41) is 3.06. The standard InChI is InChI=1S/C14H24N2O2S/c1-6-11(2)16(5)19(17,18)14-9-7-8-13(10-15-4)12(14)3/h7-9,11,15H,6,10H2,1-5H3. The number of hydrogen-bond acceptors (Lipinski definition) is 3. The van der Waals surface area contributed by atoms with Gasteiger partial charge in [0, 0.05) is 19.6 Å². The quantitative estimate of drug-likeness (QED) is 0.870. The van der Waals surface area contributed by atoms with E-state index < -0.39 is 10.0 Å². The van der Waals surface area contributed by atoms with Crippen molar-refractivity contribution in [1.82, 2.24) is 9.62 Å². The highest BCUT2D eigenvalue weighted by atomic mass is 32.2. The van der Waals surface area contributed by atoms with Crippen LogP contribution in [-0.2, 0) is 16.6 Å². The normalized spacial score (nSPS) is 13.8. The first-order valence-corrected chi connectivity index (χ1v) is 8.01. The van der Waals surface area contributed by atoms with Crippen molar-refractivity contribution >= 4 is 10.0 Å². The zero-order chi connectivity index (χ0) is 14.6. The largest absolute Gasteiger partial charge is 0.316 e. The number of nitrogens with zero attached hydrogens (tertiary/aromatic N) is 1. The molecule has 1 N–H and O–H groups in total. The summed E-state index contributed by atoms with van der Waals surface area (Å²) in [6.45, 7) is 6.44. The molecule has 0 aliphatic carbocycles. The maximum atomic E-state index is 12.6. The third-order valence-corrected chi connectivity index (χ3v) is 5.75. The average Bonchev–Trinajstić information content (AvgIpc) is 2.39. The number of sulfonamides is 1. The van der Waals surface area contributed by atoms with Crippen LogP contribution in [0.2, 0.25) is 0 Å². The Hall–Kier alpha value is -0.910. The second kappa shape index (κ2) is 6.50. The van der Waals surface area contributed by atoms with E-state index in [1.165, 1.54) is 4.31 Å². The lowest BCUT2D eigenvalue weighted by Gasteiger charge is -2.24. The van der Waals surface area contributed by atoms with Crippen LogP contribution in [0, 0.1) is 6.92 Å². The van der Waals surface area contributed by atoms with Crippen LogP contribution in [0.15, 0.2) is 23.1 Å². The first-order valence-electron chi connectivity index (χ1n) is 6.57. The monoisotopic (exact) mass is 284 g/mol. The summed E-state index contributed by atoms with van der Waals surface area (Å²) < 4.78 is 26.7. The molecular formula is C14H24N2O2S. The molecule has 0 saturated heterocycles. The van der Waals surface area contributed by atoms with Gasteiger partial charge in [0.25, 0.3) is 0 Å². The van der Waals surface area contributed by atoms with Crippen molar-refractivity contribution in [3.63, 3.8) is 0 Å². The van der Waals surface area contributed by atoms with Gasteiger partial charge >= 0.3 is 0 Å². The van der Waals surface area contributed by atoms with Crippen molar-refractivity contribution in [3.8, 4) is 0 Å². The lowest BCUT2D eigenvalue weighted by molar-refractivity contribution is 0.380. The average molecular weight is 284 g/mol. The summed E-state index contributed by atoms with van der Waals surface area (Å²) in [4.78, 5) is 0.406. The second-order valence-corrected chi connectivity index (χ2v) is 6.82. The Bertz CT molecular complexity index is 526. The van der Waals surface area contributed by atoms with E-state index in [-0.39, 0.29) is 6.04 Å². The molecule has 0 radical (unpaired) electrons. The van der Waals surface area contributed by atoms with E-state index in [2.05, 4.69) is 5.32 Å². The molecule has 0 bridgehead atoms. The number of nitrogens with one attached hydrogen (secondary N) is 1. The van der Waals surface area contributed by atoms with Crippen LogP contribution in [-0.4, -0.2) is 32.9 Å². The summed E-state index contributed by atoms with van der Waals surface area (Å²) >= 11 is 0. The first kappa shape index (κ1) is 16.1. The van der Waals surface area contributed by atoms with Crippen molar-refractivity contribution in [2.75, 3.05) is 14.1 Å². The van der Waals surface area contributed by atoms with E-state index in [1.807, 2.05) is 33.9 Å². The smallest absolute Gasteiger partial charge is 0.243 e. The van der Waals surface area contributed by atoms with Gasteiger partial charge in [0.15, 0.2) is 0 Å². The highest BCUT2D eigenvalue weighted by molar-refractivity contribution is 7.89. The van der Waals surface area contributed by atoms with E-state index in [0.29, 0.717) is 11.4 Å². The van der Waals surface area contributed by atoms with Gasteiger partial charge in [-0.3, -0.25) is 0 Å². The van der Waals surface area contributed by atoms with Gasteiger partial charge in [-0.25, -0.2) is 8.42 Å². The minimum Gasteiger partial charge on any atom is -0.316 e. The minimum absolute atomic E-state index is 0.00245. The Morgan fingerprint density at radius 3 is 2.53 bits per heavy atom. The summed E-state index contributed by atoms with van der Waals surface area (Å²) in [7, 11) is 0.0833. The van der Waals surface area contributed by atoms with E-state index in [0.717, 1.165) is 17.5 Å². The van der Waals surface area contributed by atoms with Gasteiger partial charge in [0.2, 0.25) is 10.0 Å². The van der Waals surface area contributed by atoms with Gasteiger partial charge in [-0.15, -0.1) is 0 Å². The molecule has 0 aliphatic rings. The molecule has 5 heteroatoms. The van der Waals surface area contributed by atoms with Crippen LogP contribution in [0.1, 0.15) is 31.4 Å². The lowest BCUT2D eigenvalue weighted by atomic mass is 10.1. The molecule has 19 heavy (non-hydrogen) atoms. The van der Waals surface area contributed by atoms with Gasteiger partial charge in [0.05, 0.1) is 4.90 Å². The molecule has 0 amide bonds. The van der Waals surface area contributed by atoms with Gasteiger partial charge < -0.3 is 5.32 Å². The van der Waals surface area contributed by atoms with E-state index in [4.69, 9.17) is 0 Å². The molecule has 1 atom stereocenters. The fourth-order valence-corrected chi connectivity index (χ4v) is 3.67. The van der Waals surface area contributed by atoms with Crippen molar-refractivity contribution in [2.24, 2.45) is 0 Å². The lowest BCUT2D eigenvalue weighted by Crippen LogP contribution is -2.35. The third-order valence-electron chi connectivity index (χ3n) is 3.63. The van der Waals surface area contributed by atoms with Gasteiger partial charge in [-0.05, 0) is 44.5 Å². The molecule has 1 aromatic rings. The predicted octanol–water partition coefficient (Wildman–Crippen LogP) is 2.13. The van der Waals surface area contributed by atoms with Crippen LogP contribution in [0.3, 0.4) is 0 Å². The third kappa shape index (κ3) is 3.35. The SMILES string of the molecule is CCC(C)N(C)S(=O)(=O)c1cccc(CNC)c1C.